The third-order valence-corrected chi connectivity index (χ3v) is 3.44. The Bertz CT molecular complexity index is 765. The molecule has 0 spiro atoms. The number of fused-ring (bicyclic) bond motifs is 1. The van der Waals surface area contributed by atoms with Gasteiger partial charge in [0.25, 0.3) is 0 Å². The average molecular weight is 267 g/mol. The van der Waals surface area contributed by atoms with Gasteiger partial charge in [-0.1, -0.05) is 18.2 Å². The Labute approximate surface area is 116 Å². The summed E-state index contributed by atoms with van der Waals surface area (Å²) in [7, 11) is 0. The van der Waals surface area contributed by atoms with Gasteiger partial charge >= 0.3 is 0 Å². The van der Waals surface area contributed by atoms with Crippen molar-refractivity contribution >= 4 is 11.0 Å². The van der Waals surface area contributed by atoms with Crippen LogP contribution in [0.3, 0.4) is 0 Å². The van der Waals surface area contributed by atoms with Crippen LogP contribution in [0.5, 0.6) is 0 Å². The first kappa shape index (κ1) is 12.7. The average Bonchev–Trinajstić information content (AvgIpc) is 2.48. The maximum atomic E-state index is 13.5. The monoisotopic (exact) mass is 267 g/mol. The highest BCUT2D eigenvalue weighted by molar-refractivity contribution is 5.78. The molecular weight excluding hydrogens is 253 g/mol. The Balaban J connectivity index is 2.17. The molecular formula is C16H14FN3. The van der Waals surface area contributed by atoms with E-state index in [9.17, 15) is 4.39 Å². The quantitative estimate of drug-likeness (QED) is 0.776. The molecule has 2 aromatic carbocycles. The van der Waals surface area contributed by atoms with Crippen molar-refractivity contribution in [2.75, 3.05) is 0 Å². The Morgan fingerprint density at radius 2 is 1.85 bits per heavy atom. The fraction of sp³-hybridized carbons (Fsp3) is 0.125. The van der Waals surface area contributed by atoms with Crippen molar-refractivity contribution in [3.63, 3.8) is 0 Å². The summed E-state index contributed by atoms with van der Waals surface area (Å²) < 4.78 is 13.5. The first-order valence-electron chi connectivity index (χ1n) is 6.38. The predicted molar refractivity (Wildman–Crippen MR) is 76.7 cm³/mol. The third-order valence-electron chi connectivity index (χ3n) is 3.44. The van der Waals surface area contributed by atoms with Gasteiger partial charge in [0.05, 0.1) is 17.1 Å². The number of rotatable bonds is 2. The van der Waals surface area contributed by atoms with E-state index in [1.165, 1.54) is 12.1 Å². The molecule has 0 aliphatic heterocycles. The van der Waals surface area contributed by atoms with Crippen LogP contribution < -0.4 is 5.73 Å². The lowest BCUT2D eigenvalue weighted by atomic mass is 9.94. The number of nitrogens with two attached hydrogens (primary N) is 1. The molecule has 100 valence electrons. The number of aryl methyl sites for hydroxylation is 1. The molecule has 0 saturated carbocycles. The van der Waals surface area contributed by atoms with E-state index in [-0.39, 0.29) is 5.82 Å². The Kier molecular flexibility index (Phi) is 3.16. The molecule has 1 aromatic heterocycles. The zero-order valence-corrected chi connectivity index (χ0v) is 11.0. The van der Waals surface area contributed by atoms with Crippen molar-refractivity contribution in [2.45, 2.75) is 13.0 Å². The zero-order valence-electron chi connectivity index (χ0n) is 11.0. The Morgan fingerprint density at radius 3 is 2.70 bits per heavy atom. The lowest BCUT2D eigenvalue weighted by Crippen LogP contribution is -2.14. The van der Waals surface area contributed by atoms with Crippen LogP contribution in [-0.2, 0) is 0 Å². The van der Waals surface area contributed by atoms with E-state index in [1.807, 2.05) is 25.1 Å². The second-order valence-corrected chi connectivity index (χ2v) is 4.75. The number of para-hydroxylation sites is 1. The lowest BCUT2D eigenvalue weighted by Gasteiger charge is -2.16. The van der Waals surface area contributed by atoms with Crippen LogP contribution in [0, 0.1) is 12.7 Å². The third kappa shape index (κ3) is 2.14. The van der Waals surface area contributed by atoms with Crippen LogP contribution in [0.1, 0.15) is 22.7 Å². The topological polar surface area (TPSA) is 51.8 Å². The molecule has 0 saturated heterocycles. The number of hydrogen-bond donors (Lipinski definition) is 1. The van der Waals surface area contributed by atoms with E-state index in [2.05, 4.69) is 9.97 Å². The minimum Gasteiger partial charge on any atom is -0.320 e. The summed E-state index contributed by atoms with van der Waals surface area (Å²) in [6.07, 6.45) is 3.28. The maximum absolute atomic E-state index is 13.5. The summed E-state index contributed by atoms with van der Waals surface area (Å²) in [5.74, 6) is -0.285. The Morgan fingerprint density at radius 1 is 1.05 bits per heavy atom. The smallest absolute Gasteiger partial charge is 0.123 e. The second kappa shape index (κ2) is 4.98. The molecule has 1 atom stereocenters. The van der Waals surface area contributed by atoms with Gasteiger partial charge in [-0.25, -0.2) is 4.39 Å². The van der Waals surface area contributed by atoms with E-state index in [0.717, 1.165) is 27.7 Å². The second-order valence-electron chi connectivity index (χ2n) is 4.75. The van der Waals surface area contributed by atoms with Crippen molar-refractivity contribution in [2.24, 2.45) is 5.73 Å². The minimum atomic E-state index is -0.425. The van der Waals surface area contributed by atoms with Crippen LogP contribution in [-0.4, -0.2) is 9.97 Å². The molecule has 0 aliphatic rings. The van der Waals surface area contributed by atoms with Crippen LogP contribution in [0.4, 0.5) is 4.39 Å². The zero-order chi connectivity index (χ0) is 14.1. The molecule has 4 heteroatoms. The highest BCUT2D eigenvalue weighted by Gasteiger charge is 2.15. The summed E-state index contributed by atoms with van der Waals surface area (Å²) in [6, 6.07) is 9.92. The van der Waals surface area contributed by atoms with E-state index in [0.29, 0.717) is 0 Å². The molecule has 0 bridgehead atoms. The van der Waals surface area contributed by atoms with Crippen molar-refractivity contribution in [3.05, 3.63) is 71.3 Å². The number of nitrogens with zero attached hydrogens (tertiary/aromatic N) is 2. The van der Waals surface area contributed by atoms with Crippen molar-refractivity contribution < 1.29 is 4.39 Å². The summed E-state index contributed by atoms with van der Waals surface area (Å²) in [6.45, 7) is 1.92. The largest absolute Gasteiger partial charge is 0.320 e. The molecule has 3 aromatic rings. The molecule has 20 heavy (non-hydrogen) atoms. The number of benzene rings is 2. The van der Waals surface area contributed by atoms with Crippen LogP contribution >= 0.6 is 0 Å². The lowest BCUT2D eigenvalue weighted by molar-refractivity contribution is 0.623. The fourth-order valence-corrected chi connectivity index (χ4v) is 2.38. The SMILES string of the molecule is Cc1ccc(F)cc1C(N)c1cccc2nccnc12. The van der Waals surface area contributed by atoms with E-state index in [1.54, 1.807) is 18.5 Å². The van der Waals surface area contributed by atoms with Crippen molar-refractivity contribution in [1.29, 1.82) is 0 Å². The molecule has 1 heterocycles. The first-order valence-corrected chi connectivity index (χ1v) is 6.38. The minimum absolute atomic E-state index is 0.285. The molecule has 0 amide bonds. The van der Waals surface area contributed by atoms with E-state index in [4.69, 9.17) is 5.73 Å². The Hall–Kier alpha value is -2.33. The van der Waals surface area contributed by atoms with Gasteiger partial charge in [-0.15, -0.1) is 0 Å². The van der Waals surface area contributed by atoms with Gasteiger partial charge < -0.3 is 5.73 Å². The highest BCUT2D eigenvalue weighted by Crippen LogP contribution is 2.27. The molecule has 1 unspecified atom stereocenters. The van der Waals surface area contributed by atoms with Crippen LogP contribution in [0.15, 0.2) is 48.8 Å². The predicted octanol–water partition coefficient (Wildman–Crippen LogP) is 3.13. The molecule has 2 N–H and O–H groups in total. The van der Waals surface area contributed by atoms with E-state index >= 15 is 0 Å². The van der Waals surface area contributed by atoms with Gasteiger partial charge in [-0.05, 0) is 36.2 Å². The summed E-state index contributed by atoms with van der Waals surface area (Å²) in [5.41, 5.74) is 10.4. The summed E-state index contributed by atoms with van der Waals surface area (Å²) in [5, 5.41) is 0. The standard InChI is InChI=1S/C16H14FN3/c1-10-5-6-11(17)9-13(10)15(18)12-3-2-4-14-16(12)20-8-7-19-14/h2-9,15H,18H2,1H3. The van der Waals surface area contributed by atoms with Gasteiger partial charge in [0.1, 0.15) is 5.82 Å². The van der Waals surface area contributed by atoms with Gasteiger partial charge in [0.2, 0.25) is 0 Å². The van der Waals surface area contributed by atoms with Gasteiger partial charge in [0, 0.05) is 18.0 Å². The van der Waals surface area contributed by atoms with Gasteiger partial charge in [-0.2, -0.15) is 0 Å². The maximum Gasteiger partial charge on any atom is 0.123 e. The van der Waals surface area contributed by atoms with Gasteiger partial charge in [-0.3, -0.25) is 9.97 Å². The molecule has 3 nitrogen and oxygen atoms in total. The molecule has 3 rings (SSSR count). The van der Waals surface area contributed by atoms with Crippen molar-refractivity contribution in [1.82, 2.24) is 9.97 Å². The molecule has 0 radical (unpaired) electrons. The van der Waals surface area contributed by atoms with Gasteiger partial charge in [0.15, 0.2) is 0 Å². The fourth-order valence-electron chi connectivity index (χ4n) is 2.38. The number of halogens is 1. The molecule has 0 aliphatic carbocycles. The highest BCUT2D eigenvalue weighted by atomic mass is 19.1. The summed E-state index contributed by atoms with van der Waals surface area (Å²) >= 11 is 0. The first-order chi connectivity index (χ1) is 9.66. The van der Waals surface area contributed by atoms with Crippen LogP contribution in [0.2, 0.25) is 0 Å². The molecule has 0 fully saturated rings. The van der Waals surface area contributed by atoms with Crippen LogP contribution in [0.25, 0.3) is 11.0 Å². The van der Waals surface area contributed by atoms with E-state index < -0.39 is 6.04 Å². The summed E-state index contributed by atoms with van der Waals surface area (Å²) in [4.78, 5) is 8.61. The normalized spacial score (nSPS) is 12.6. The number of hydrogen-bond acceptors (Lipinski definition) is 3. The number of aromatic nitrogens is 2. The van der Waals surface area contributed by atoms with Crippen molar-refractivity contribution in [3.8, 4) is 0 Å².